The monoisotopic (exact) mass is 249 g/mol. The fourth-order valence-corrected chi connectivity index (χ4v) is 3.04. The maximum absolute atomic E-state index is 4.28. The Kier molecular flexibility index (Phi) is 2.33. The molecular weight excluding hydrogens is 242 g/mol. The van der Waals surface area contributed by atoms with E-state index in [1.807, 2.05) is 23.1 Å². The highest BCUT2D eigenvalue weighted by molar-refractivity contribution is 7.99. The van der Waals surface area contributed by atoms with Crippen molar-refractivity contribution in [3.05, 3.63) is 24.1 Å². The molecule has 3 rings (SSSR count). The molecule has 0 radical (unpaired) electrons. The highest BCUT2D eigenvalue weighted by atomic mass is 32.2. The molecule has 0 unspecified atom stereocenters. The second-order valence-corrected chi connectivity index (χ2v) is 5.01. The van der Waals surface area contributed by atoms with Gasteiger partial charge in [0.1, 0.15) is 17.7 Å². The average Bonchev–Trinajstić information content (AvgIpc) is 2.89. The SMILES string of the molecule is Cn1cnnc1Sc1ncnc2ccsc12. The number of rotatable bonds is 2. The zero-order valence-corrected chi connectivity index (χ0v) is 9.99. The molecule has 7 heteroatoms. The Morgan fingerprint density at radius 1 is 1.38 bits per heavy atom. The summed E-state index contributed by atoms with van der Waals surface area (Å²) in [5.41, 5.74) is 0.977. The van der Waals surface area contributed by atoms with Crippen LogP contribution >= 0.6 is 23.1 Å². The third-order valence-corrected chi connectivity index (χ3v) is 4.16. The quantitative estimate of drug-likeness (QED) is 0.650. The number of aryl methyl sites for hydroxylation is 1. The molecule has 0 fully saturated rings. The molecule has 0 N–H and O–H groups in total. The van der Waals surface area contributed by atoms with Crippen LogP contribution in [0.25, 0.3) is 10.2 Å². The van der Waals surface area contributed by atoms with E-state index in [0.717, 1.165) is 20.4 Å². The van der Waals surface area contributed by atoms with Gasteiger partial charge in [0.05, 0.1) is 10.2 Å². The van der Waals surface area contributed by atoms with E-state index in [2.05, 4.69) is 20.2 Å². The van der Waals surface area contributed by atoms with Gasteiger partial charge in [-0.15, -0.1) is 21.5 Å². The first-order chi connectivity index (χ1) is 7.84. The van der Waals surface area contributed by atoms with Crippen LogP contribution in [-0.4, -0.2) is 24.7 Å². The normalized spacial score (nSPS) is 11.1. The maximum Gasteiger partial charge on any atom is 0.197 e. The highest BCUT2D eigenvalue weighted by Crippen LogP contribution is 2.32. The lowest BCUT2D eigenvalue weighted by Crippen LogP contribution is -1.90. The predicted molar refractivity (Wildman–Crippen MR) is 62.5 cm³/mol. The van der Waals surface area contributed by atoms with Crippen LogP contribution in [0.15, 0.2) is 34.3 Å². The lowest BCUT2D eigenvalue weighted by atomic mass is 10.5. The van der Waals surface area contributed by atoms with E-state index in [1.54, 1.807) is 24.0 Å². The van der Waals surface area contributed by atoms with Gasteiger partial charge >= 0.3 is 0 Å². The summed E-state index contributed by atoms with van der Waals surface area (Å²) < 4.78 is 2.96. The summed E-state index contributed by atoms with van der Waals surface area (Å²) in [5.74, 6) is 0. The Morgan fingerprint density at radius 3 is 3.12 bits per heavy atom. The fraction of sp³-hybridized carbons (Fsp3) is 0.111. The molecule has 0 amide bonds. The van der Waals surface area contributed by atoms with Crippen molar-refractivity contribution in [3.63, 3.8) is 0 Å². The van der Waals surface area contributed by atoms with E-state index in [1.165, 1.54) is 11.8 Å². The predicted octanol–water partition coefficient (Wildman–Crippen LogP) is 1.97. The number of hydrogen-bond donors (Lipinski definition) is 0. The lowest BCUT2D eigenvalue weighted by molar-refractivity contribution is 0.787. The second-order valence-electron chi connectivity index (χ2n) is 3.14. The molecule has 0 aliphatic rings. The van der Waals surface area contributed by atoms with Crippen LogP contribution in [0, 0.1) is 0 Å². The third kappa shape index (κ3) is 1.57. The second kappa shape index (κ2) is 3.84. The molecule has 0 aliphatic carbocycles. The van der Waals surface area contributed by atoms with E-state index < -0.39 is 0 Å². The van der Waals surface area contributed by atoms with Crippen molar-refractivity contribution in [2.75, 3.05) is 0 Å². The van der Waals surface area contributed by atoms with Crippen LogP contribution in [-0.2, 0) is 7.05 Å². The van der Waals surface area contributed by atoms with Crippen LogP contribution < -0.4 is 0 Å². The molecule has 3 aromatic heterocycles. The number of hydrogen-bond acceptors (Lipinski definition) is 6. The molecule has 0 aliphatic heterocycles. The average molecular weight is 249 g/mol. The summed E-state index contributed by atoms with van der Waals surface area (Å²) in [6.45, 7) is 0. The van der Waals surface area contributed by atoms with Gasteiger partial charge in [0.15, 0.2) is 5.16 Å². The Bertz CT molecular complexity index is 629. The van der Waals surface area contributed by atoms with Crippen molar-refractivity contribution >= 4 is 33.3 Å². The first-order valence-corrected chi connectivity index (χ1v) is 6.24. The maximum atomic E-state index is 4.28. The molecule has 5 nitrogen and oxygen atoms in total. The van der Waals surface area contributed by atoms with Gasteiger partial charge in [-0.05, 0) is 23.2 Å². The molecule has 0 saturated heterocycles. The highest BCUT2D eigenvalue weighted by Gasteiger charge is 2.09. The minimum absolute atomic E-state index is 0.827. The minimum Gasteiger partial charge on any atom is -0.311 e. The molecule has 0 atom stereocenters. The van der Waals surface area contributed by atoms with Crippen LogP contribution in [0.1, 0.15) is 0 Å². The third-order valence-electron chi connectivity index (χ3n) is 2.07. The van der Waals surface area contributed by atoms with E-state index in [9.17, 15) is 0 Å². The van der Waals surface area contributed by atoms with Gasteiger partial charge in [0.2, 0.25) is 0 Å². The molecule has 3 aromatic rings. The van der Waals surface area contributed by atoms with Gasteiger partial charge in [-0.2, -0.15) is 0 Å². The number of aromatic nitrogens is 5. The van der Waals surface area contributed by atoms with Crippen molar-refractivity contribution in [1.29, 1.82) is 0 Å². The summed E-state index contributed by atoms with van der Waals surface area (Å²) in [6.07, 6.45) is 3.25. The molecular formula is C9H7N5S2. The molecule has 0 spiro atoms. The molecule has 0 bridgehead atoms. The number of fused-ring (bicyclic) bond motifs is 1. The smallest absolute Gasteiger partial charge is 0.197 e. The Morgan fingerprint density at radius 2 is 2.31 bits per heavy atom. The first-order valence-electron chi connectivity index (χ1n) is 4.54. The molecule has 80 valence electrons. The van der Waals surface area contributed by atoms with Crippen LogP contribution in [0.4, 0.5) is 0 Å². The van der Waals surface area contributed by atoms with Crippen molar-refractivity contribution in [1.82, 2.24) is 24.7 Å². The molecule has 3 heterocycles. The lowest BCUT2D eigenvalue weighted by Gasteiger charge is -1.99. The van der Waals surface area contributed by atoms with Crippen molar-refractivity contribution < 1.29 is 0 Å². The van der Waals surface area contributed by atoms with Crippen molar-refractivity contribution in [3.8, 4) is 0 Å². The van der Waals surface area contributed by atoms with Gasteiger partial charge < -0.3 is 4.57 Å². The zero-order valence-electron chi connectivity index (χ0n) is 8.36. The summed E-state index contributed by atoms with van der Waals surface area (Å²) in [6, 6.07) is 1.99. The standard InChI is InChI=1S/C9H7N5S2/c1-14-5-12-13-9(14)16-8-7-6(2-3-15-7)10-4-11-8/h2-5H,1H3. The van der Waals surface area contributed by atoms with Crippen LogP contribution in [0.5, 0.6) is 0 Å². The van der Waals surface area contributed by atoms with Crippen LogP contribution in [0.2, 0.25) is 0 Å². The van der Waals surface area contributed by atoms with Gasteiger partial charge in [-0.25, -0.2) is 9.97 Å². The molecule has 0 aromatic carbocycles. The Hall–Kier alpha value is -1.47. The number of nitrogens with zero attached hydrogens (tertiary/aromatic N) is 5. The summed E-state index contributed by atoms with van der Waals surface area (Å²) in [5, 5.41) is 11.6. The molecule has 0 saturated carbocycles. The zero-order chi connectivity index (χ0) is 11.0. The van der Waals surface area contributed by atoms with Gasteiger partial charge in [0, 0.05) is 7.05 Å². The van der Waals surface area contributed by atoms with Gasteiger partial charge in [-0.3, -0.25) is 0 Å². The summed E-state index contributed by atoms with van der Waals surface area (Å²) >= 11 is 3.14. The van der Waals surface area contributed by atoms with Gasteiger partial charge in [-0.1, -0.05) is 0 Å². The van der Waals surface area contributed by atoms with Crippen molar-refractivity contribution in [2.45, 2.75) is 10.2 Å². The summed E-state index contributed by atoms with van der Waals surface area (Å²) in [7, 11) is 1.91. The van der Waals surface area contributed by atoms with Crippen molar-refractivity contribution in [2.24, 2.45) is 7.05 Å². The molecule has 16 heavy (non-hydrogen) atoms. The topological polar surface area (TPSA) is 56.5 Å². The van der Waals surface area contributed by atoms with Crippen LogP contribution in [0.3, 0.4) is 0 Å². The Balaban J connectivity index is 2.07. The van der Waals surface area contributed by atoms with E-state index in [0.29, 0.717) is 0 Å². The van der Waals surface area contributed by atoms with E-state index >= 15 is 0 Å². The van der Waals surface area contributed by atoms with E-state index in [4.69, 9.17) is 0 Å². The van der Waals surface area contributed by atoms with E-state index in [-0.39, 0.29) is 0 Å². The largest absolute Gasteiger partial charge is 0.311 e. The van der Waals surface area contributed by atoms with Gasteiger partial charge in [0.25, 0.3) is 0 Å². The number of thiophene rings is 1. The first kappa shape index (κ1) is 9.73. The summed E-state index contributed by atoms with van der Waals surface area (Å²) in [4.78, 5) is 8.47. The fourth-order valence-electron chi connectivity index (χ4n) is 1.29. The Labute approximate surface area is 99.6 Å². The minimum atomic E-state index is 0.827.